The maximum atomic E-state index is 11.1. The molecule has 0 spiro atoms. The fourth-order valence-electron chi connectivity index (χ4n) is 1.22. The number of hydrogen-bond donors (Lipinski definition) is 0. The minimum absolute atomic E-state index is 0.0801. The van der Waals surface area contributed by atoms with Crippen LogP contribution in [0.4, 0.5) is 5.69 Å². The first-order chi connectivity index (χ1) is 7.99. The summed E-state index contributed by atoms with van der Waals surface area (Å²) in [6.07, 6.45) is -0.113. The fourth-order valence-corrected chi connectivity index (χ4v) is 1.81. The Bertz CT molecular complexity index is 522. The van der Waals surface area contributed by atoms with E-state index in [4.69, 9.17) is 5.26 Å². The molecule has 88 valence electrons. The number of ether oxygens (including phenoxy) is 1. The van der Waals surface area contributed by atoms with E-state index >= 15 is 0 Å². The van der Waals surface area contributed by atoms with E-state index in [1.165, 1.54) is 13.2 Å². The van der Waals surface area contributed by atoms with Gasteiger partial charge in [-0.3, -0.25) is 14.9 Å². The molecule has 0 heterocycles. The van der Waals surface area contributed by atoms with Crippen LogP contribution >= 0.6 is 15.9 Å². The Kier molecular flexibility index (Phi) is 4.17. The molecule has 1 rings (SSSR count). The van der Waals surface area contributed by atoms with Gasteiger partial charge in [-0.1, -0.05) is 15.9 Å². The van der Waals surface area contributed by atoms with E-state index in [-0.39, 0.29) is 17.7 Å². The molecule has 1 aromatic carbocycles. The molecule has 0 aliphatic carbocycles. The number of non-ortho nitro benzene ring substituents is 1. The largest absolute Gasteiger partial charge is 0.469 e. The Balaban J connectivity index is 3.27. The Hall–Kier alpha value is -1.94. The minimum atomic E-state index is -0.604. The molecule has 0 saturated heterocycles. The van der Waals surface area contributed by atoms with Crippen molar-refractivity contribution in [1.29, 1.82) is 5.26 Å². The van der Waals surface area contributed by atoms with Gasteiger partial charge in [-0.2, -0.15) is 5.26 Å². The van der Waals surface area contributed by atoms with Crippen LogP contribution in [0.25, 0.3) is 0 Å². The van der Waals surface area contributed by atoms with Gasteiger partial charge in [-0.15, -0.1) is 0 Å². The molecule has 0 radical (unpaired) electrons. The van der Waals surface area contributed by atoms with Gasteiger partial charge in [0.1, 0.15) is 0 Å². The van der Waals surface area contributed by atoms with Crippen LogP contribution in [0, 0.1) is 21.4 Å². The average molecular weight is 299 g/mol. The van der Waals surface area contributed by atoms with Crippen LogP contribution < -0.4 is 0 Å². The molecule has 17 heavy (non-hydrogen) atoms. The lowest BCUT2D eigenvalue weighted by atomic mass is 10.0. The molecule has 0 aromatic heterocycles. The van der Waals surface area contributed by atoms with E-state index in [2.05, 4.69) is 20.7 Å². The summed E-state index contributed by atoms with van der Waals surface area (Å²) in [6.45, 7) is 0. The van der Waals surface area contributed by atoms with Crippen molar-refractivity contribution in [2.45, 2.75) is 6.42 Å². The van der Waals surface area contributed by atoms with Gasteiger partial charge in [0.2, 0.25) is 0 Å². The summed E-state index contributed by atoms with van der Waals surface area (Å²) in [5.74, 6) is -0.518. The molecule has 0 fully saturated rings. The topological polar surface area (TPSA) is 93.2 Å². The van der Waals surface area contributed by atoms with Crippen LogP contribution in [0.15, 0.2) is 16.6 Å². The zero-order valence-corrected chi connectivity index (χ0v) is 10.4. The van der Waals surface area contributed by atoms with Gasteiger partial charge < -0.3 is 4.74 Å². The third kappa shape index (κ3) is 3.01. The smallest absolute Gasteiger partial charge is 0.310 e. The summed E-state index contributed by atoms with van der Waals surface area (Å²) >= 11 is 3.10. The summed E-state index contributed by atoms with van der Waals surface area (Å²) in [4.78, 5) is 21.1. The molecule has 6 nitrogen and oxygen atoms in total. The zero-order chi connectivity index (χ0) is 13.0. The quantitative estimate of drug-likeness (QED) is 0.483. The lowest BCUT2D eigenvalue weighted by molar-refractivity contribution is -0.385. The average Bonchev–Trinajstić information content (AvgIpc) is 2.30. The summed E-state index contributed by atoms with van der Waals surface area (Å²) in [5, 5.41) is 19.5. The third-order valence-corrected chi connectivity index (χ3v) is 2.77. The number of esters is 1. The Morgan fingerprint density at radius 2 is 2.29 bits per heavy atom. The molecule has 0 amide bonds. The van der Waals surface area contributed by atoms with Crippen molar-refractivity contribution in [2.75, 3.05) is 7.11 Å². The van der Waals surface area contributed by atoms with E-state index in [9.17, 15) is 14.9 Å². The molecule has 7 heteroatoms. The first kappa shape index (κ1) is 13.1. The highest BCUT2D eigenvalue weighted by atomic mass is 79.9. The summed E-state index contributed by atoms with van der Waals surface area (Å²) in [5.41, 5.74) is 0.253. The Morgan fingerprint density at radius 1 is 1.65 bits per heavy atom. The van der Waals surface area contributed by atoms with Crippen molar-refractivity contribution in [3.8, 4) is 6.07 Å². The maximum Gasteiger partial charge on any atom is 0.310 e. The van der Waals surface area contributed by atoms with Gasteiger partial charge in [0, 0.05) is 16.6 Å². The summed E-state index contributed by atoms with van der Waals surface area (Å²) < 4.78 is 4.82. The first-order valence-corrected chi connectivity index (χ1v) is 5.22. The highest BCUT2D eigenvalue weighted by Gasteiger charge is 2.17. The number of nitro groups is 1. The number of methoxy groups -OCH3 is 1. The molecule has 0 bridgehead atoms. The summed E-state index contributed by atoms with van der Waals surface area (Å²) in [6, 6.07) is 4.20. The van der Waals surface area contributed by atoms with Crippen LogP contribution in [0.5, 0.6) is 0 Å². The second-order valence-electron chi connectivity index (χ2n) is 3.08. The third-order valence-electron chi connectivity index (χ3n) is 2.06. The molecule has 0 aliphatic heterocycles. The first-order valence-electron chi connectivity index (χ1n) is 4.43. The van der Waals surface area contributed by atoms with Crippen molar-refractivity contribution in [3.63, 3.8) is 0 Å². The fraction of sp³-hybridized carbons (Fsp3) is 0.200. The van der Waals surface area contributed by atoms with Crippen LogP contribution in [0.3, 0.4) is 0 Å². The molecule has 1 aromatic rings. The van der Waals surface area contributed by atoms with Gasteiger partial charge in [0.25, 0.3) is 5.69 Å². The van der Waals surface area contributed by atoms with Crippen molar-refractivity contribution >= 4 is 27.6 Å². The molecular formula is C10H7BrN2O4. The number of nitriles is 1. The number of halogens is 1. The molecule has 0 unspecified atom stereocenters. The van der Waals surface area contributed by atoms with Crippen molar-refractivity contribution < 1.29 is 14.5 Å². The van der Waals surface area contributed by atoms with Crippen molar-refractivity contribution in [1.82, 2.24) is 0 Å². The van der Waals surface area contributed by atoms with Crippen LogP contribution in [-0.2, 0) is 16.0 Å². The maximum absolute atomic E-state index is 11.1. The van der Waals surface area contributed by atoms with Crippen LogP contribution in [0.2, 0.25) is 0 Å². The van der Waals surface area contributed by atoms with E-state index < -0.39 is 10.9 Å². The van der Waals surface area contributed by atoms with Crippen LogP contribution in [0.1, 0.15) is 11.1 Å². The van der Waals surface area contributed by atoms with E-state index in [0.29, 0.717) is 10.0 Å². The number of benzene rings is 1. The monoisotopic (exact) mass is 298 g/mol. The van der Waals surface area contributed by atoms with E-state index in [1.54, 1.807) is 0 Å². The lowest BCUT2D eigenvalue weighted by Crippen LogP contribution is -2.07. The van der Waals surface area contributed by atoms with Crippen molar-refractivity contribution in [3.05, 3.63) is 37.8 Å². The highest BCUT2D eigenvalue weighted by Crippen LogP contribution is 2.27. The number of carbonyl (C=O) groups is 1. The Morgan fingerprint density at radius 3 is 2.76 bits per heavy atom. The van der Waals surface area contributed by atoms with Gasteiger partial charge in [-0.25, -0.2) is 0 Å². The zero-order valence-electron chi connectivity index (χ0n) is 8.77. The second kappa shape index (κ2) is 5.41. The Labute approximate surface area is 105 Å². The molecule has 0 aliphatic rings. The predicted molar refractivity (Wildman–Crippen MR) is 61.2 cm³/mol. The molecule has 0 N–H and O–H groups in total. The SMILES string of the molecule is COC(=O)Cc1c(Br)cc([N+](=O)[O-])cc1C#N. The van der Waals surface area contributed by atoms with Gasteiger partial charge in [-0.05, 0) is 5.56 Å². The minimum Gasteiger partial charge on any atom is -0.469 e. The van der Waals surface area contributed by atoms with E-state index in [0.717, 1.165) is 6.07 Å². The van der Waals surface area contributed by atoms with Crippen LogP contribution in [-0.4, -0.2) is 18.0 Å². The van der Waals surface area contributed by atoms with E-state index in [1.807, 2.05) is 6.07 Å². The molecule has 0 saturated carbocycles. The standard InChI is InChI=1S/C10H7BrN2O4/c1-17-10(14)4-8-6(5-12)2-7(13(15)16)3-9(8)11/h2-3H,4H2,1H3. The van der Waals surface area contributed by atoms with Gasteiger partial charge in [0.05, 0.1) is 30.1 Å². The van der Waals surface area contributed by atoms with Gasteiger partial charge in [0.15, 0.2) is 0 Å². The number of rotatable bonds is 3. The second-order valence-corrected chi connectivity index (χ2v) is 3.93. The molecule has 0 atom stereocenters. The molecular weight excluding hydrogens is 292 g/mol. The van der Waals surface area contributed by atoms with Gasteiger partial charge >= 0.3 is 5.97 Å². The normalized spacial score (nSPS) is 9.47. The highest BCUT2D eigenvalue weighted by molar-refractivity contribution is 9.10. The summed E-state index contributed by atoms with van der Waals surface area (Å²) in [7, 11) is 1.23. The number of nitro benzene ring substituents is 1. The number of nitrogens with zero attached hydrogens (tertiary/aromatic N) is 2. The lowest BCUT2D eigenvalue weighted by Gasteiger charge is -2.05. The predicted octanol–water partition coefficient (Wildman–Crippen LogP) is 1.94. The number of carbonyl (C=O) groups excluding carboxylic acids is 1. The van der Waals surface area contributed by atoms with Crippen molar-refractivity contribution in [2.24, 2.45) is 0 Å². The number of hydrogen-bond acceptors (Lipinski definition) is 5.